The van der Waals surface area contributed by atoms with Gasteiger partial charge in [-0.15, -0.1) is 5.10 Å². The van der Waals surface area contributed by atoms with E-state index in [-0.39, 0.29) is 17.4 Å². The number of nitrogens with zero attached hydrogens (tertiary/aromatic N) is 2. The fourth-order valence-electron chi connectivity index (χ4n) is 2.46. The second-order valence-electron chi connectivity index (χ2n) is 5.81. The molecule has 0 aliphatic carbocycles. The maximum Gasteiger partial charge on any atom is 0.288 e. The van der Waals surface area contributed by atoms with Gasteiger partial charge >= 0.3 is 0 Å². The molecule has 146 valence electrons. The number of carbonyl (C=O) groups is 1. The van der Waals surface area contributed by atoms with Crippen LogP contribution in [-0.2, 0) is 13.1 Å². The van der Waals surface area contributed by atoms with Gasteiger partial charge in [-0.05, 0) is 55.0 Å². The normalized spacial score (nSPS) is 10.6. The summed E-state index contributed by atoms with van der Waals surface area (Å²) in [5.41, 5.74) is 6.97. The first-order chi connectivity index (χ1) is 13.5. The van der Waals surface area contributed by atoms with E-state index in [4.69, 9.17) is 21.4 Å². The zero-order valence-electron chi connectivity index (χ0n) is 15.1. The summed E-state index contributed by atoms with van der Waals surface area (Å²) in [6.07, 6.45) is 0.507. The van der Waals surface area contributed by atoms with Crippen molar-refractivity contribution in [3.63, 3.8) is 0 Å². The highest BCUT2D eigenvalue weighted by Gasteiger charge is 2.08. The summed E-state index contributed by atoms with van der Waals surface area (Å²) in [7, 11) is 0. The number of rotatable bonds is 8. The molecule has 0 saturated heterocycles. The molecule has 0 aliphatic heterocycles. The maximum absolute atomic E-state index is 12.1. The van der Waals surface area contributed by atoms with E-state index in [1.807, 2.05) is 37.3 Å². The monoisotopic (exact) mass is 462 g/mol. The third-order valence-electron chi connectivity index (χ3n) is 3.76. The van der Waals surface area contributed by atoms with Crippen LogP contribution in [0.25, 0.3) is 0 Å². The van der Waals surface area contributed by atoms with Crippen molar-refractivity contribution < 1.29 is 13.9 Å². The highest BCUT2D eigenvalue weighted by Crippen LogP contribution is 2.15. The first-order valence-electron chi connectivity index (χ1n) is 8.62. The van der Waals surface area contributed by atoms with Crippen LogP contribution in [0, 0.1) is 4.84 Å². The second-order valence-corrected chi connectivity index (χ2v) is 7.08. The molecule has 2 aromatic carbocycles. The van der Waals surface area contributed by atoms with Gasteiger partial charge in [0.25, 0.3) is 10.7 Å². The number of benzene rings is 2. The van der Waals surface area contributed by atoms with Gasteiger partial charge in [0, 0.05) is 10.0 Å². The van der Waals surface area contributed by atoms with Crippen LogP contribution in [-0.4, -0.2) is 22.3 Å². The van der Waals surface area contributed by atoms with Crippen LogP contribution in [0.15, 0.2) is 57.4 Å². The minimum Gasteiger partial charge on any atom is -0.494 e. The molecule has 0 bridgehead atoms. The summed E-state index contributed by atoms with van der Waals surface area (Å²) in [6, 6.07) is 14.8. The Morgan fingerprint density at radius 2 is 2.07 bits per heavy atom. The van der Waals surface area contributed by atoms with Crippen LogP contribution in [0.2, 0.25) is 0 Å². The largest absolute Gasteiger partial charge is 0.494 e. The van der Waals surface area contributed by atoms with E-state index < -0.39 is 0 Å². The summed E-state index contributed by atoms with van der Waals surface area (Å²) in [6.45, 7) is 2.76. The summed E-state index contributed by atoms with van der Waals surface area (Å²) in [5.74, 6) is 1.06. The van der Waals surface area contributed by atoms with E-state index in [1.165, 1.54) is 4.68 Å². The second kappa shape index (κ2) is 9.63. The lowest BCUT2D eigenvalue weighted by molar-refractivity contribution is 0.0926. The topological polar surface area (TPSA) is 81.3 Å². The molecule has 3 rings (SSSR count). The smallest absolute Gasteiger partial charge is 0.288 e. The van der Waals surface area contributed by atoms with Crippen molar-refractivity contribution in [2.45, 2.75) is 20.0 Å². The minimum absolute atomic E-state index is 0.186. The van der Waals surface area contributed by atoms with Crippen molar-refractivity contribution >= 4 is 34.1 Å². The highest BCUT2D eigenvalue weighted by atomic mass is 79.9. The van der Waals surface area contributed by atoms with Crippen molar-refractivity contribution in [1.82, 2.24) is 20.6 Å². The van der Waals surface area contributed by atoms with Crippen molar-refractivity contribution in [3.8, 4) is 5.75 Å². The fourth-order valence-corrected chi connectivity index (χ4v) is 3.06. The molecule has 9 heteroatoms. The standard InChI is InChI=1S/C19H19BrN4O3S/c1-2-26-16-8-6-13(7-9-16)10-17-23-24(19(28)27-17)12-21-22-18(25)14-4-3-5-15(20)11-14/h3-9,11,21H,2,10,12H2,1H3,(H,22,25). The van der Waals surface area contributed by atoms with E-state index in [0.717, 1.165) is 15.8 Å². The molecule has 3 aromatic rings. The number of aromatic nitrogens is 2. The molecule has 0 unspecified atom stereocenters. The van der Waals surface area contributed by atoms with Crippen molar-refractivity contribution in [3.05, 3.63) is 74.9 Å². The Morgan fingerprint density at radius 1 is 1.29 bits per heavy atom. The summed E-state index contributed by atoms with van der Waals surface area (Å²) in [4.78, 5) is 12.3. The number of nitrogens with one attached hydrogen (secondary N) is 2. The van der Waals surface area contributed by atoms with Gasteiger partial charge in [-0.2, -0.15) is 0 Å². The van der Waals surface area contributed by atoms with Gasteiger partial charge in [-0.3, -0.25) is 10.2 Å². The molecule has 28 heavy (non-hydrogen) atoms. The van der Waals surface area contributed by atoms with Crippen LogP contribution in [0.1, 0.15) is 28.7 Å². The van der Waals surface area contributed by atoms with Crippen LogP contribution >= 0.6 is 28.1 Å². The van der Waals surface area contributed by atoms with E-state index >= 15 is 0 Å². The van der Waals surface area contributed by atoms with Gasteiger partial charge in [-0.1, -0.05) is 34.1 Å². The quantitative estimate of drug-likeness (QED) is 0.390. The Kier molecular flexibility index (Phi) is 6.96. The zero-order valence-corrected chi connectivity index (χ0v) is 17.5. The molecular formula is C19H19BrN4O3S. The summed E-state index contributed by atoms with van der Waals surface area (Å²) in [5, 5.41) is 4.34. The average molecular weight is 463 g/mol. The van der Waals surface area contributed by atoms with Crippen LogP contribution in [0.5, 0.6) is 5.75 Å². The fraction of sp³-hybridized carbons (Fsp3) is 0.211. The number of hydrazine groups is 1. The van der Waals surface area contributed by atoms with Crippen molar-refractivity contribution in [2.24, 2.45) is 0 Å². The number of hydrogen-bond acceptors (Lipinski definition) is 6. The Morgan fingerprint density at radius 3 is 2.79 bits per heavy atom. The van der Waals surface area contributed by atoms with Gasteiger partial charge in [0.2, 0.25) is 5.89 Å². The van der Waals surface area contributed by atoms with E-state index in [1.54, 1.807) is 18.2 Å². The molecule has 1 amide bonds. The van der Waals surface area contributed by atoms with Gasteiger partial charge < -0.3 is 9.15 Å². The number of carbonyl (C=O) groups excluding carboxylic acids is 1. The molecule has 0 aliphatic rings. The predicted octanol–water partition coefficient (Wildman–Crippen LogP) is 3.85. The lowest BCUT2D eigenvalue weighted by atomic mass is 10.1. The van der Waals surface area contributed by atoms with Crippen molar-refractivity contribution in [1.29, 1.82) is 0 Å². The Balaban J connectivity index is 1.55. The van der Waals surface area contributed by atoms with Gasteiger partial charge in [-0.25, -0.2) is 10.1 Å². The molecule has 0 fully saturated rings. The Labute approximate surface area is 175 Å². The highest BCUT2D eigenvalue weighted by molar-refractivity contribution is 9.10. The van der Waals surface area contributed by atoms with E-state index in [9.17, 15) is 4.79 Å². The molecule has 0 radical (unpaired) electrons. The van der Waals surface area contributed by atoms with Crippen LogP contribution in [0.3, 0.4) is 0 Å². The van der Waals surface area contributed by atoms with Gasteiger partial charge in [0.1, 0.15) is 12.4 Å². The van der Waals surface area contributed by atoms with Gasteiger partial charge in [0.05, 0.1) is 13.0 Å². The SMILES string of the molecule is CCOc1ccc(Cc2nn(CNNC(=O)c3cccc(Br)c3)c(=S)o2)cc1. The first-order valence-corrected chi connectivity index (χ1v) is 9.82. The molecule has 7 nitrogen and oxygen atoms in total. The Bertz CT molecular complexity index is 1000. The third kappa shape index (κ3) is 5.51. The van der Waals surface area contributed by atoms with E-state index in [0.29, 0.717) is 24.5 Å². The molecule has 0 atom stereocenters. The third-order valence-corrected chi connectivity index (χ3v) is 4.54. The molecule has 1 aromatic heterocycles. The predicted molar refractivity (Wildman–Crippen MR) is 110 cm³/mol. The number of hydrogen-bond donors (Lipinski definition) is 2. The lowest BCUT2D eigenvalue weighted by Gasteiger charge is -2.07. The molecule has 0 spiro atoms. The zero-order chi connectivity index (χ0) is 19.9. The van der Waals surface area contributed by atoms with Gasteiger partial charge in [0.15, 0.2) is 0 Å². The molecule has 0 saturated carbocycles. The van der Waals surface area contributed by atoms with Crippen LogP contribution < -0.4 is 15.6 Å². The van der Waals surface area contributed by atoms with Crippen LogP contribution in [0.4, 0.5) is 0 Å². The average Bonchev–Trinajstić information content (AvgIpc) is 3.02. The molecule has 1 heterocycles. The minimum atomic E-state index is -0.258. The summed E-state index contributed by atoms with van der Waals surface area (Å²) < 4.78 is 13.3. The summed E-state index contributed by atoms with van der Waals surface area (Å²) >= 11 is 8.53. The van der Waals surface area contributed by atoms with Crippen molar-refractivity contribution in [2.75, 3.05) is 6.61 Å². The molecule has 2 N–H and O–H groups in total. The Hall–Kier alpha value is -2.49. The number of halogens is 1. The maximum atomic E-state index is 12.1. The lowest BCUT2D eigenvalue weighted by Crippen LogP contribution is -2.38. The number of ether oxygens (including phenoxy) is 1. The first kappa shape index (κ1) is 20.2. The molecular weight excluding hydrogens is 444 g/mol. The number of amides is 1. The van der Waals surface area contributed by atoms with E-state index in [2.05, 4.69) is 31.9 Å².